The van der Waals surface area contributed by atoms with E-state index in [-0.39, 0.29) is 23.8 Å². The molecular formula is C24H35N3O5. The van der Waals surface area contributed by atoms with Crippen molar-refractivity contribution < 1.29 is 23.8 Å². The van der Waals surface area contributed by atoms with E-state index in [1.807, 2.05) is 23.1 Å². The lowest BCUT2D eigenvalue weighted by Crippen LogP contribution is -2.45. The highest BCUT2D eigenvalue weighted by atomic mass is 16.5. The lowest BCUT2D eigenvalue weighted by Gasteiger charge is -2.35. The number of morpholine rings is 1. The Morgan fingerprint density at radius 2 is 1.88 bits per heavy atom. The van der Waals surface area contributed by atoms with Crippen LogP contribution in [0.25, 0.3) is 0 Å². The van der Waals surface area contributed by atoms with Gasteiger partial charge in [0.15, 0.2) is 11.5 Å². The summed E-state index contributed by atoms with van der Waals surface area (Å²) in [6.07, 6.45) is 4.81. The van der Waals surface area contributed by atoms with Gasteiger partial charge in [-0.2, -0.15) is 0 Å². The Hall–Kier alpha value is -2.32. The van der Waals surface area contributed by atoms with Crippen molar-refractivity contribution in [3.63, 3.8) is 0 Å². The minimum atomic E-state index is -0.265. The van der Waals surface area contributed by atoms with Gasteiger partial charge in [-0.25, -0.2) is 0 Å². The van der Waals surface area contributed by atoms with Crippen molar-refractivity contribution in [3.05, 3.63) is 23.8 Å². The van der Waals surface area contributed by atoms with E-state index in [9.17, 15) is 9.59 Å². The highest BCUT2D eigenvalue weighted by Gasteiger charge is 2.39. The highest BCUT2D eigenvalue weighted by Crippen LogP contribution is 2.33. The van der Waals surface area contributed by atoms with Crippen LogP contribution in [0.15, 0.2) is 18.2 Å². The molecule has 2 heterocycles. The maximum Gasteiger partial charge on any atom is 0.225 e. The molecule has 0 bridgehead atoms. The van der Waals surface area contributed by atoms with Crippen LogP contribution in [0.2, 0.25) is 0 Å². The van der Waals surface area contributed by atoms with Gasteiger partial charge >= 0.3 is 0 Å². The second kappa shape index (κ2) is 10.5. The number of nitrogens with zero attached hydrogens (tertiary/aromatic N) is 2. The Morgan fingerprint density at radius 3 is 2.56 bits per heavy atom. The number of carbonyl (C=O) groups excluding carboxylic acids is 2. The molecule has 4 rings (SSSR count). The van der Waals surface area contributed by atoms with E-state index in [0.717, 1.165) is 31.5 Å². The number of amides is 2. The van der Waals surface area contributed by atoms with E-state index >= 15 is 0 Å². The third-order valence-corrected chi connectivity index (χ3v) is 7.04. The van der Waals surface area contributed by atoms with Crippen LogP contribution >= 0.6 is 0 Å². The molecule has 0 radical (unpaired) electrons. The number of likely N-dealkylation sites (tertiary alicyclic amines) is 1. The monoisotopic (exact) mass is 445 g/mol. The zero-order valence-corrected chi connectivity index (χ0v) is 19.2. The van der Waals surface area contributed by atoms with E-state index in [1.54, 1.807) is 14.2 Å². The highest BCUT2D eigenvalue weighted by molar-refractivity contribution is 5.89. The maximum absolute atomic E-state index is 13.0. The number of ether oxygens (including phenoxy) is 3. The van der Waals surface area contributed by atoms with Gasteiger partial charge < -0.3 is 24.4 Å². The van der Waals surface area contributed by atoms with E-state index in [2.05, 4.69) is 10.2 Å². The Kier molecular flexibility index (Phi) is 7.52. The summed E-state index contributed by atoms with van der Waals surface area (Å²) >= 11 is 0. The minimum Gasteiger partial charge on any atom is -0.493 e. The smallest absolute Gasteiger partial charge is 0.225 e. The second-order valence-corrected chi connectivity index (χ2v) is 8.91. The van der Waals surface area contributed by atoms with Crippen molar-refractivity contribution in [3.8, 4) is 11.5 Å². The van der Waals surface area contributed by atoms with Crippen LogP contribution in [0.4, 0.5) is 0 Å². The lowest BCUT2D eigenvalue weighted by atomic mass is 10.0. The topological polar surface area (TPSA) is 80.3 Å². The minimum absolute atomic E-state index is 0.00861. The Bertz CT molecular complexity index is 805. The van der Waals surface area contributed by atoms with Gasteiger partial charge in [-0.3, -0.25) is 14.5 Å². The molecule has 3 fully saturated rings. The van der Waals surface area contributed by atoms with Crippen LogP contribution in [0.1, 0.15) is 43.7 Å². The predicted octanol–water partition coefficient (Wildman–Crippen LogP) is 1.98. The molecule has 0 spiro atoms. The van der Waals surface area contributed by atoms with Crippen LogP contribution in [-0.4, -0.2) is 81.3 Å². The first-order valence-electron chi connectivity index (χ1n) is 11.7. The molecule has 1 saturated carbocycles. The van der Waals surface area contributed by atoms with E-state index in [4.69, 9.17) is 14.2 Å². The molecule has 1 N–H and O–H groups in total. The summed E-state index contributed by atoms with van der Waals surface area (Å²) in [5.74, 6) is 1.18. The van der Waals surface area contributed by atoms with Crippen molar-refractivity contribution in [1.82, 2.24) is 15.1 Å². The first-order valence-corrected chi connectivity index (χ1v) is 11.7. The third kappa shape index (κ3) is 5.02. The average Bonchev–Trinajstić information content (AvgIpc) is 3.49. The number of benzene rings is 1. The number of methoxy groups -OCH3 is 2. The lowest BCUT2D eigenvalue weighted by molar-refractivity contribution is -0.130. The molecule has 2 saturated heterocycles. The molecule has 0 aromatic heterocycles. The first-order chi connectivity index (χ1) is 15.6. The van der Waals surface area contributed by atoms with Crippen molar-refractivity contribution in [2.45, 2.75) is 44.2 Å². The van der Waals surface area contributed by atoms with Crippen molar-refractivity contribution in [2.75, 3.05) is 53.6 Å². The third-order valence-electron chi connectivity index (χ3n) is 7.04. The summed E-state index contributed by atoms with van der Waals surface area (Å²) in [7, 11) is 3.25. The van der Waals surface area contributed by atoms with Gasteiger partial charge in [0.25, 0.3) is 0 Å². The summed E-state index contributed by atoms with van der Waals surface area (Å²) in [6.45, 7) is 3.96. The van der Waals surface area contributed by atoms with E-state index < -0.39 is 0 Å². The molecule has 32 heavy (non-hydrogen) atoms. The standard InChI is InChI=1S/C24H35N3O5/c1-30-21-8-7-17(13-22(21)31-2)20(26-9-11-32-12-10-26)15-25-24(29)18-14-23(28)27(16-18)19-5-3-4-6-19/h7-8,13,18-20H,3-6,9-12,14-16H2,1-2H3,(H,25,29). The molecule has 2 aliphatic heterocycles. The molecular weight excluding hydrogens is 410 g/mol. The summed E-state index contributed by atoms with van der Waals surface area (Å²) < 4.78 is 16.4. The van der Waals surface area contributed by atoms with Gasteiger partial charge in [0, 0.05) is 38.6 Å². The largest absolute Gasteiger partial charge is 0.493 e. The van der Waals surface area contributed by atoms with Gasteiger partial charge in [0.2, 0.25) is 11.8 Å². The van der Waals surface area contributed by atoms with Crippen LogP contribution in [0.5, 0.6) is 11.5 Å². The van der Waals surface area contributed by atoms with Gasteiger partial charge in [-0.15, -0.1) is 0 Å². The normalized spacial score (nSPS) is 23.4. The zero-order valence-electron chi connectivity index (χ0n) is 19.2. The maximum atomic E-state index is 13.0. The van der Waals surface area contributed by atoms with Gasteiger partial charge in [-0.05, 0) is 30.5 Å². The first kappa shape index (κ1) is 22.9. The van der Waals surface area contributed by atoms with Crippen LogP contribution < -0.4 is 14.8 Å². The molecule has 3 aliphatic rings. The van der Waals surface area contributed by atoms with Gasteiger partial charge in [0.05, 0.1) is 39.4 Å². The van der Waals surface area contributed by atoms with E-state index in [1.165, 1.54) is 12.8 Å². The molecule has 8 nitrogen and oxygen atoms in total. The Balaban J connectivity index is 1.43. The van der Waals surface area contributed by atoms with Crippen LogP contribution in [0, 0.1) is 5.92 Å². The zero-order chi connectivity index (χ0) is 22.5. The van der Waals surface area contributed by atoms with Crippen molar-refractivity contribution in [1.29, 1.82) is 0 Å². The summed E-state index contributed by atoms with van der Waals surface area (Å²) in [4.78, 5) is 29.8. The van der Waals surface area contributed by atoms with Crippen LogP contribution in [0.3, 0.4) is 0 Å². The van der Waals surface area contributed by atoms with Gasteiger partial charge in [-0.1, -0.05) is 18.9 Å². The second-order valence-electron chi connectivity index (χ2n) is 8.91. The summed E-state index contributed by atoms with van der Waals surface area (Å²) in [5, 5.41) is 3.15. The molecule has 1 aliphatic carbocycles. The molecule has 2 atom stereocenters. The number of nitrogens with one attached hydrogen (secondary N) is 1. The molecule has 2 amide bonds. The fourth-order valence-corrected chi connectivity index (χ4v) is 5.22. The number of rotatable bonds is 8. The number of carbonyl (C=O) groups is 2. The molecule has 2 unspecified atom stereocenters. The van der Waals surface area contributed by atoms with Crippen molar-refractivity contribution in [2.24, 2.45) is 5.92 Å². The Morgan fingerprint density at radius 1 is 1.16 bits per heavy atom. The molecule has 1 aromatic rings. The summed E-state index contributed by atoms with van der Waals surface area (Å²) in [5.41, 5.74) is 1.06. The number of hydrogen-bond acceptors (Lipinski definition) is 6. The number of hydrogen-bond donors (Lipinski definition) is 1. The van der Waals surface area contributed by atoms with E-state index in [0.29, 0.717) is 50.3 Å². The molecule has 1 aromatic carbocycles. The molecule has 8 heteroatoms. The average molecular weight is 446 g/mol. The van der Waals surface area contributed by atoms with Crippen LogP contribution in [-0.2, 0) is 14.3 Å². The molecule has 176 valence electrons. The predicted molar refractivity (Wildman–Crippen MR) is 120 cm³/mol. The SMILES string of the molecule is COc1ccc(C(CNC(=O)C2CC(=O)N(C3CCCC3)C2)N2CCOCC2)cc1OC. The Labute approximate surface area is 190 Å². The quantitative estimate of drug-likeness (QED) is 0.659. The van der Waals surface area contributed by atoms with Gasteiger partial charge in [0.1, 0.15) is 0 Å². The van der Waals surface area contributed by atoms with Crippen molar-refractivity contribution >= 4 is 11.8 Å². The fraction of sp³-hybridized carbons (Fsp3) is 0.667. The summed E-state index contributed by atoms with van der Waals surface area (Å²) in [6, 6.07) is 6.22. The fourth-order valence-electron chi connectivity index (χ4n) is 5.22.